The van der Waals surface area contributed by atoms with Crippen molar-refractivity contribution >= 4 is 39.4 Å². The molecule has 13 heavy (non-hydrogen) atoms. The normalized spacial score (nSPS) is 10.9. The summed E-state index contributed by atoms with van der Waals surface area (Å²) >= 11 is 2.24. The molecule has 68 valence electrons. The summed E-state index contributed by atoms with van der Waals surface area (Å²) in [5, 5.41) is 7.33. The van der Waals surface area contributed by atoms with Gasteiger partial charge in [0.15, 0.2) is 5.52 Å². The number of nitrogen functional groups attached to an aromatic ring is 1. The van der Waals surface area contributed by atoms with Gasteiger partial charge in [0, 0.05) is 15.7 Å². The van der Waals surface area contributed by atoms with Crippen LogP contribution in [0.4, 0.5) is 5.69 Å². The molecule has 0 atom stereocenters. The maximum absolute atomic E-state index is 5.87. The van der Waals surface area contributed by atoms with E-state index in [0.29, 0.717) is 16.9 Å². The molecule has 0 unspecified atom stereocenters. The van der Waals surface area contributed by atoms with E-state index >= 15 is 0 Å². The summed E-state index contributed by atoms with van der Waals surface area (Å²) in [5.41, 5.74) is 9.41. The van der Waals surface area contributed by atoms with Gasteiger partial charge in [-0.1, -0.05) is 22.6 Å². The van der Waals surface area contributed by atoms with Crippen molar-refractivity contribution in [2.24, 2.45) is 0 Å². The highest BCUT2D eigenvalue weighted by atomic mass is 127. The first-order valence-electron chi connectivity index (χ1n) is 3.67. The molecule has 0 radical (unpaired) electrons. The SMILES string of the molecule is Cc1nc2nonc2c(N)c1CI. The molecule has 0 aliphatic carbocycles. The van der Waals surface area contributed by atoms with E-state index in [1.807, 2.05) is 6.92 Å². The van der Waals surface area contributed by atoms with Crippen LogP contribution in [0.5, 0.6) is 0 Å². The molecular formula is C7H7IN4O. The van der Waals surface area contributed by atoms with Crippen molar-refractivity contribution in [1.82, 2.24) is 15.3 Å². The fourth-order valence-corrected chi connectivity index (χ4v) is 2.12. The number of alkyl halides is 1. The summed E-state index contributed by atoms with van der Waals surface area (Å²) in [5.74, 6) is 0. The van der Waals surface area contributed by atoms with Gasteiger partial charge in [0.2, 0.25) is 5.65 Å². The van der Waals surface area contributed by atoms with Crippen LogP contribution in [-0.4, -0.2) is 15.3 Å². The molecule has 0 saturated carbocycles. The predicted molar refractivity (Wildman–Crippen MR) is 56.5 cm³/mol. The van der Waals surface area contributed by atoms with Crippen molar-refractivity contribution in [2.45, 2.75) is 11.4 Å². The predicted octanol–water partition coefficient (Wildman–Crippen LogP) is 1.44. The molecule has 0 aromatic carbocycles. The maximum atomic E-state index is 5.87. The highest BCUT2D eigenvalue weighted by Gasteiger charge is 2.12. The fraction of sp³-hybridized carbons (Fsp3) is 0.286. The molecule has 0 spiro atoms. The van der Waals surface area contributed by atoms with Crippen LogP contribution in [0.3, 0.4) is 0 Å². The van der Waals surface area contributed by atoms with Crippen molar-refractivity contribution in [3.63, 3.8) is 0 Å². The highest BCUT2D eigenvalue weighted by molar-refractivity contribution is 14.1. The standard InChI is InChI=1S/C7H7IN4O/c1-3-4(2-8)5(9)6-7(10-3)12-13-11-6/h2,9H2,1H3. The lowest BCUT2D eigenvalue weighted by atomic mass is 10.2. The van der Waals surface area contributed by atoms with Crippen molar-refractivity contribution < 1.29 is 4.63 Å². The number of halogens is 1. The summed E-state index contributed by atoms with van der Waals surface area (Å²) in [6.07, 6.45) is 0. The van der Waals surface area contributed by atoms with Crippen LogP contribution >= 0.6 is 22.6 Å². The van der Waals surface area contributed by atoms with Crippen LogP contribution < -0.4 is 5.73 Å². The molecule has 0 saturated heterocycles. The minimum atomic E-state index is 0.476. The van der Waals surface area contributed by atoms with Crippen molar-refractivity contribution in [2.75, 3.05) is 5.73 Å². The van der Waals surface area contributed by atoms with Gasteiger partial charge in [0.05, 0.1) is 5.69 Å². The van der Waals surface area contributed by atoms with Crippen LogP contribution in [0.1, 0.15) is 11.3 Å². The number of fused-ring (bicyclic) bond motifs is 1. The van der Waals surface area contributed by atoms with Crippen molar-refractivity contribution in [3.05, 3.63) is 11.3 Å². The number of hydrogen-bond donors (Lipinski definition) is 1. The quantitative estimate of drug-likeness (QED) is 0.635. The topological polar surface area (TPSA) is 77.8 Å². The van der Waals surface area contributed by atoms with Gasteiger partial charge < -0.3 is 5.73 Å². The smallest absolute Gasteiger partial charge is 0.226 e. The van der Waals surface area contributed by atoms with Gasteiger partial charge >= 0.3 is 0 Å². The number of aryl methyl sites for hydroxylation is 1. The van der Waals surface area contributed by atoms with E-state index in [1.165, 1.54) is 0 Å². The molecule has 2 aromatic heterocycles. The zero-order valence-electron chi connectivity index (χ0n) is 6.91. The van der Waals surface area contributed by atoms with Crippen LogP contribution in [0.15, 0.2) is 4.63 Å². The molecule has 2 rings (SSSR count). The van der Waals surface area contributed by atoms with Gasteiger partial charge in [-0.15, -0.1) is 0 Å². The number of pyridine rings is 1. The van der Waals surface area contributed by atoms with E-state index in [9.17, 15) is 0 Å². The van der Waals surface area contributed by atoms with Crippen molar-refractivity contribution in [3.8, 4) is 0 Å². The van der Waals surface area contributed by atoms with Crippen LogP contribution in [-0.2, 0) is 4.43 Å². The second kappa shape index (κ2) is 3.09. The third-order valence-electron chi connectivity index (χ3n) is 1.90. The zero-order chi connectivity index (χ0) is 9.42. The molecule has 0 fully saturated rings. The van der Waals surface area contributed by atoms with Gasteiger partial charge in [-0.2, -0.15) is 0 Å². The molecule has 2 aromatic rings. The van der Waals surface area contributed by atoms with Crippen molar-refractivity contribution in [1.29, 1.82) is 0 Å². The summed E-state index contributed by atoms with van der Waals surface area (Å²) in [6, 6.07) is 0. The molecule has 0 bridgehead atoms. The molecule has 6 heteroatoms. The fourth-order valence-electron chi connectivity index (χ4n) is 1.16. The molecule has 5 nitrogen and oxygen atoms in total. The Balaban J connectivity index is 2.85. The van der Waals surface area contributed by atoms with E-state index in [2.05, 4.69) is 42.5 Å². The Morgan fingerprint density at radius 2 is 2.23 bits per heavy atom. The third kappa shape index (κ3) is 1.25. The average molecular weight is 290 g/mol. The molecule has 2 heterocycles. The minimum absolute atomic E-state index is 0.476. The second-order valence-corrected chi connectivity index (χ2v) is 3.42. The maximum Gasteiger partial charge on any atom is 0.226 e. The molecule has 2 N–H and O–H groups in total. The third-order valence-corrected chi connectivity index (χ3v) is 2.66. The van der Waals surface area contributed by atoms with E-state index in [4.69, 9.17) is 5.73 Å². The summed E-state index contributed by atoms with van der Waals surface area (Å²) in [6.45, 7) is 1.90. The average Bonchev–Trinajstić information content (AvgIpc) is 2.53. The molecule has 0 amide bonds. The summed E-state index contributed by atoms with van der Waals surface area (Å²) in [4.78, 5) is 4.22. The monoisotopic (exact) mass is 290 g/mol. The Bertz CT molecular complexity index is 453. The van der Waals surface area contributed by atoms with Gasteiger partial charge in [-0.25, -0.2) is 9.61 Å². The van der Waals surface area contributed by atoms with E-state index in [0.717, 1.165) is 15.7 Å². The first-order valence-corrected chi connectivity index (χ1v) is 5.19. The minimum Gasteiger partial charge on any atom is -0.396 e. The number of anilines is 1. The van der Waals surface area contributed by atoms with Crippen LogP contribution in [0, 0.1) is 6.92 Å². The Hall–Kier alpha value is -0.920. The molecule has 0 aliphatic rings. The first kappa shape index (κ1) is 8.67. The number of nitrogens with two attached hydrogens (primary N) is 1. The lowest BCUT2D eigenvalue weighted by molar-refractivity contribution is 0.315. The van der Waals surface area contributed by atoms with Gasteiger partial charge in [-0.3, -0.25) is 0 Å². The van der Waals surface area contributed by atoms with E-state index in [-0.39, 0.29) is 0 Å². The van der Waals surface area contributed by atoms with E-state index < -0.39 is 0 Å². The zero-order valence-corrected chi connectivity index (χ0v) is 9.07. The molecule has 0 aliphatic heterocycles. The molecular weight excluding hydrogens is 283 g/mol. The number of rotatable bonds is 1. The Morgan fingerprint density at radius 1 is 1.46 bits per heavy atom. The van der Waals surface area contributed by atoms with Gasteiger partial charge in [0.1, 0.15) is 0 Å². The number of aromatic nitrogens is 3. The Labute approximate surface area is 87.8 Å². The van der Waals surface area contributed by atoms with Gasteiger partial charge in [0.25, 0.3) is 0 Å². The highest BCUT2D eigenvalue weighted by Crippen LogP contribution is 2.24. The number of hydrogen-bond acceptors (Lipinski definition) is 5. The van der Waals surface area contributed by atoms with Crippen LogP contribution in [0.25, 0.3) is 11.2 Å². The van der Waals surface area contributed by atoms with Crippen LogP contribution in [0.2, 0.25) is 0 Å². The number of nitrogens with zero attached hydrogens (tertiary/aromatic N) is 3. The first-order chi connectivity index (χ1) is 6.24. The van der Waals surface area contributed by atoms with Gasteiger partial charge in [-0.05, 0) is 17.2 Å². The Kier molecular flexibility index (Phi) is 2.06. The lowest BCUT2D eigenvalue weighted by Crippen LogP contribution is -1.99. The summed E-state index contributed by atoms with van der Waals surface area (Å²) in [7, 11) is 0. The lowest BCUT2D eigenvalue weighted by Gasteiger charge is -2.03. The summed E-state index contributed by atoms with van der Waals surface area (Å²) < 4.78 is 5.37. The van der Waals surface area contributed by atoms with E-state index in [1.54, 1.807) is 0 Å². The second-order valence-electron chi connectivity index (χ2n) is 2.66. The largest absolute Gasteiger partial charge is 0.396 e. The Morgan fingerprint density at radius 3 is 2.92 bits per heavy atom.